The van der Waals surface area contributed by atoms with Crippen molar-refractivity contribution in [2.75, 3.05) is 26.2 Å². The van der Waals surface area contributed by atoms with Crippen molar-refractivity contribution in [3.05, 3.63) is 54.6 Å². The summed E-state index contributed by atoms with van der Waals surface area (Å²) in [6, 6.07) is 17.4. The summed E-state index contributed by atoms with van der Waals surface area (Å²) >= 11 is 0. The fourth-order valence-corrected chi connectivity index (χ4v) is 4.78. The summed E-state index contributed by atoms with van der Waals surface area (Å²) < 4.78 is 27.9. The molecule has 5 heteroatoms. The van der Waals surface area contributed by atoms with Gasteiger partial charge in [-0.05, 0) is 25.5 Å². The summed E-state index contributed by atoms with van der Waals surface area (Å²) in [5, 5.41) is 0. The lowest BCUT2D eigenvalue weighted by Gasteiger charge is -2.36. The number of nitrogens with zero attached hydrogens (tertiary/aromatic N) is 2. The Balaban J connectivity index is 1.92. The van der Waals surface area contributed by atoms with Crippen molar-refractivity contribution < 1.29 is 8.42 Å². The molecule has 0 aliphatic carbocycles. The molecule has 1 saturated heterocycles. The van der Waals surface area contributed by atoms with Crippen LogP contribution in [0.4, 0.5) is 0 Å². The van der Waals surface area contributed by atoms with E-state index in [1.165, 1.54) is 0 Å². The summed E-state index contributed by atoms with van der Waals surface area (Å²) in [5.74, 6) is 0. The van der Waals surface area contributed by atoms with Crippen LogP contribution in [0.15, 0.2) is 59.5 Å². The smallest absolute Gasteiger partial charge is 0.243 e. The molecule has 0 spiro atoms. The van der Waals surface area contributed by atoms with Gasteiger partial charge in [-0.2, -0.15) is 4.31 Å². The van der Waals surface area contributed by atoms with Crippen LogP contribution in [-0.4, -0.2) is 49.8 Å². The van der Waals surface area contributed by atoms with Gasteiger partial charge in [-0.1, -0.05) is 48.5 Å². The molecule has 1 heterocycles. The second-order valence-electron chi connectivity index (χ2n) is 6.40. The Morgan fingerprint density at radius 3 is 2.04 bits per heavy atom. The van der Waals surface area contributed by atoms with Crippen molar-refractivity contribution >= 4 is 10.0 Å². The molecule has 1 aliphatic heterocycles. The van der Waals surface area contributed by atoms with Gasteiger partial charge in [0.2, 0.25) is 10.0 Å². The Morgan fingerprint density at radius 1 is 0.833 bits per heavy atom. The highest BCUT2D eigenvalue weighted by Crippen LogP contribution is 2.29. The lowest BCUT2D eigenvalue weighted by atomic mass is 10.1. The van der Waals surface area contributed by atoms with Crippen molar-refractivity contribution in [2.45, 2.75) is 24.8 Å². The van der Waals surface area contributed by atoms with Crippen molar-refractivity contribution in [1.82, 2.24) is 9.21 Å². The predicted octanol–water partition coefficient (Wildman–Crippen LogP) is 3.07. The molecular weight excluding hydrogens is 320 g/mol. The molecule has 128 valence electrons. The van der Waals surface area contributed by atoms with Crippen molar-refractivity contribution in [2.24, 2.45) is 0 Å². The first-order valence-electron chi connectivity index (χ1n) is 8.39. The van der Waals surface area contributed by atoms with Crippen molar-refractivity contribution in [1.29, 1.82) is 0 Å². The van der Waals surface area contributed by atoms with Crippen molar-refractivity contribution in [3.63, 3.8) is 0 Å². The predicted molar refractivity (Wildman–Crippen MR) is 97.3 cm³/mol. The normalized spacial score (nSPS) is 17.3. The SMILES string of the molecule is CC(C)N1CCN(S(=O)(=O)c2ccccc2-c2ccccc2)CC1. The van der Waals surface area contributed by atoms with Crippen LogP contribution in [0, 0.1) is 0 Å². The second-order valence-corrected chi connectivity index (χ2v) is 8.30. The summed E-state index contributed by atoms with van der Waals surface area (Å²) in [4.78, 5) is 2.71. The molecule has 0 amide bonds. The Hall–Kier alpha value is -1.69. The van der Waals surface area contributed by atoms with Crippen molar-refractivity contribution in [3.8, 4) is 11.1 Å². The maximum Gasteiger partial charge on any atom is 0.243 e. The van der Waals surface area contributed by atoms with E-state index < -0.39 is 10.0 Å². The number of rotatable bonds is 4. The van der Waals surface area contributed by atoms with E-state index in [2.05, 4.69) is 18.7 Å². The fourth-order valence-electron chi connectivity index (χ4n) is 3.15. The minimum Gasteiger partial charge on any atom is -0.298 e. The molecule has 0 unspecified atom stereocenters. The highest BCUT2D eigenvalue weighted by molar-refractivity contribution is 7.89. The minimum absolute atomic E-state index is 0.397. The van der Waals surface area contributed by atoms with E-state index >= 15 is 0 Å². The maximum atomic E-state index is 13.2. The van der Waals surface area contributed by atoms with Crippen LogP contribution in [0.1, 0.15) is 13.8 Å². The highest BCUT2D eigenvalue weighted by atomic mass is 32.2. The zero-order valence-corrected chi connectivity index (χ0v) is 15.0. The average molecular weight is 344 g/mol. The zero-order valence-electron chi connectivity index (χ0n) is 14.2. The first kappa shape index (κ1) is 17.1. The van der Waals surface area contributed by atoms with E-state index in [1.54, 1.807) is 16.4 Å². The Bertz CT molecular complexity index is 780. The summed E-state index contributed by atoms with van der Waals surface area (Å²) in [6.45, 7) is 6.95. The quantitative estimate of drug-likeness (QED) is 0.856. The van der Waals surface area contributed by atoms with Crippen LogP contribution in [0.2, 0.25) is 0 Å². The van der Waals surface area contributed by atoms with Crippen LogP contribution < -0.4 is 0 Å². The first-order valence-corrected chi connectivity index (χ1v) is 9.83. The highest BCUT2D eigenvalue weighted by Gasteiger charge is 2.30. The molecule has 0 saturated carbocycles. The van der Waals surface area contributed by atoms with Gasteiger partial charge in [-0.15, -0.1) is 0 Å². The Kier molecular flexibility index (Phi) is 5.04. The Labute approximate surface area is 144 Å². The van der Waals surface area contributed by atoms with E-state index in [9.17, 15) is 8.42 Å². The van der Waals surface area contributed by atoms with Gasteiger partial charge >= 0.3 is 0 Å². The molecule has 0 N–H and O–H groups in total. The van der Waals surface area contributed by atoms with Crippen LogP contribution in [0.3, 0.4) is 0 Å². The molecule has 2 aromatic rings. The summed E-state index contributed by atoms with van der Waals surface area (Å²) in [5.41, 5.74) is 1.70. The molecule has 1 fully saturated rings. The van der Waals surface area contributed by atoms with E-state index in [0.29, 0.717) is 24.0 Å². The van der Waals surface area contributed by atoms with E-state index in [-0.39, 0.29) is 0 Å². The molecule has 0 bridgehead atoms. The van der Waals surface area contributed by atoms with Gasteiger partial charge in [0.15, 0.2) is 0 Å². The summed E-state index contributed by atoms with van der Waals surface area (Å²) in [6.07, 6.45) is 0. The van der Waals surface area contributed by atoms with Crippen LogP contribution in [-0.2, 0) is 10.0 Å². The number of hydrogen-bond donors (Lipinski definition) is 0. The number of hydrogen-bond acceptors (Lipinski definition) is 3. The standard InChI is InChI=1S/C19H24N2O2S/c1-16(2)20-12-14-21(15-13-20)24(22,23)19-11-7-6-10-18(19)17-8-4-3-5-9-17/h3-11,16H,12-15H2,1-2H3. The summed E-state index contributed by atoms with van der Waals surface area (Å²) in [7, 11) is -3.48. The van der Waals surface area contributed by atoms with Crippen LogP contribution in [0.5, 0.6) is 0 Å². The maximum absolute atomic E-state index is 13.2. The molecule has 4 nitrogen and oxygen atoms in total. The van der Waals surface area contributed by atoms with Gasteiger partial charge in [-0.25, -0.2) is 8.42 Å². The number of piperazine rings is 1. The molecule has 1 aliphatic rings. The largest absolute Gasteiger partial charge is 0.298 e. The fraction of sp³-hybridized carbons (Fsp3) is 0.368. The third-order valence-corrected chi connectivity index (χ3v) is 6.55. The molecule has 0 aromatic heterocycles. The number of benzene rings is 2. The van der Waals surface area contributed by atoms with E-state index in [4.69, 9.17) is 0 Å². The lowest BCUT2D eigenvalue weighted by Crippen LogP contribution is -2.50. The van der Waals surface area contributed by atoms with Gasteiger partial charge in [0.1, 0.15) is 0 Å². The number of sulfonamides is 1. The van der Waals surface area contributed by atoms with E-state index in [0.717, 1.165) is 24.2 Å². The Morgan fingerprint density at radius 2 is 1.42 bits per heavy atom. The molecule has 3 rings (SSSR count). The van der Waals surface area contributed by atoms with Crippen LogP contribution in [0.25, 0.3) is 11.1 Å². The van der Waals surface area contributed by atoms with Gasteiger partial charge in [0.25, 0.3) is 0 Å². The van der Waals surface area contributed by atoms with Gasteiger partial charge < -0.3 is 0 Å². The molecular formula is C19H24N2O2S. The molecule has 0 atom stereocenters. The third kappa shape index (κ3) is 3.38. The van der Waals surface area contributed by atoms with Crippen LogP contribution >= 0.6 is 0 Å². The van der Waals surface area contributed by atoms with Gasteiger partial charge in [0.05, 0.1) is 4.90 Å². The minimum atomic E-state index is -3.48. The van der Waals surface area contributed by atoms with Gasteiger partial charge in [0, 0.05) is 37.8 Å². The first-order chi connectivity index (χ1) is 11.5. The third-order valence-electron chi connectivity index (χ3n) is 4.59. The second kappa shape index (κ2) is 7.05. The molecule has 24 heavy (non-hydrogen) atoms. The van der Waals surface area contributed by atoms with Gasteiger partial charge in [-0.3, -0.25) is 4.90 Å². The molecule has 0 radical (unpaired) electrons. The average Bonchev–Trinajstić information content (AvgIpc) is 2.62. The lowest BCUT2D eigenvalue weighted by molar-refractivity contribution is 0.154. The molecule has 2 aromatic carbocycles. The van der Waals surface area contributed by atoms with E-state index in [1.807, 2.05) is 42.5 Å². The zero-order chi connectivity index (χ0) is 17.2. The monoisotopic (exact) mass is 344 g/mol. The topological polar surface area (TPSA) is 40.6 Å².